The van der Waals surface area contributed by atoms with Crippen LogP contribution in [0.25, 0.3) is 10.8 Å². The molecule has 0 saturated heterocycles. The van der Waals surface area contributed by atoms with E-state index in [-0.39, 0.29) is 23.8 Å². The van der Waals surface area contributed by atoms with E-state index in [1.807, 2.05) is 42.5 Å². The first-order valence-electron chi connectivity index (χ1n) is 8.78. The summed E-state index contributed by atoms with van der Waals surface area (Å²) in [5, 5.41) is 5.06. The number of ether oxygens (including phenoxy) is 1. The van der Waals surface area contributed by atoms with Crippen molar-refractivity contribution in [2.24, 2.45) is 11.7 Å². The molecule has 0 aliphatic heterocycles. The number of nitrogens with one attached hydrogen (secondary N) is 1. The first-order chi connectivity index (χ1) is 12.0. The Kier molecular flexibility index (Phi) is 5.22. The molecule has 132 valence electrons. The van der Waals surface area contributed by atoms with Gasteiger partial charge in [0, 0.05) is 17.3 Å². The molecule has 1 aliphatic carbocycles. The zero-order valence-corrected chi connectivity index (χ0v) is 14.4. The number of hydrogen-bond acceptors (Lipinski definition) is 3. The Hall–Kier alpha value is -2.56. The van der Waals surface area contributed by atoms with E-state index < -0.39 is 6.10 Å². The minimum atomic E-state index is -0.611. The van der Waals surface area contributed by atoms with Crippen LogP contribution in [0.4, 0.5) is 0 Å². The second-order valence-corrected chi connectivity index (χ2v) is 6.71. The quantitative estimate of drug-likeness (QED) is 0.878. The van der Waals surface area contributed by atoms with E-state index >= 15 is 0 Å². The first-order valence-corrected chi connectivity index (χ1v) is 8.78. The van der Waals surface area contributed by atoms with E-state index in [9.17, 15) is 9.59 Å². The minimum absolute atomic E-state index is 0.0164. The van der Waals surface area contributed by atoms with Crippen molar-refractivity contribution in [3.05, 3.63) is 42.5 Å². The topological polar surface area (TPSA) is 81.4 Å². The van der Waals surface area contributed by atoms with Gasteiger partial charge in [-0.05, 0) is 37.6 Å². The van der Waals surface area contributed by atoms with Crippen LogP contribution in [0.2, 0.25) is 0 Å². The second-order valence-electron chi connectivity index (χ2n) is 6.71. The summed E-state index contributed by atoms with van der Waals surface area (Å²) in [7, 11) is 0. The van der Waals surface area contributed by atoms with Crippen molar-refractivity contribution in [2.75, 3.05) is 0 Å². The van der Waals surface area contributed by atoms with Crippen molar-refractivity contribution >= 4 is 22.6 Å². The number of rotatable bonds is 5. The lowest BCUT2D eigenvalue weighted by atomic mass is 9.85. The van der Waals surface area contributed by atoms with Crippen LogP contribution in [0.3, 0.4) is 0 Å². The first kappa shape index (κ1) is 17.3. The van der Waals surface area contributed by atoms with Crippen molar-refractivity contribution < 1.29 is 14.3 Å². The molecule has 2 aromatic rings. The third-order valence-corrected chi connectivity index (χ3v) is 4.85. The lowest BCUT2D eigenvalue weighted by Gasteiger charge is -2.29. The molecule has 0 aromatic heterocycles. The van der Waals surface area contributed by atoms with Crippen LogP contribution in [-0.2, 0) is 9.59 Å². The smallest absolute Gasteiger partial charge is 0.260 e. The van der Waals surface area contributed by atoms with Gasteiger partial charge in [-0.15, -0.1) is 0 Å². The van der Waals surface area contributed by atoms with Crippen LogP contribution in [0, 0.1) is 5.92 Å². The summed E-state index contributed by atoms with van der Waals surface area (Å²) in [4.78, 5) is 23.8. The Morgan fingerprint density at radius 1 is 1.16 bits per heavy atom. The van der Waals surface area contributed by atoms with E-state index in [1.54, 1.807) is 6.92 Å². The fourth-order valence-electron chi connectivity index (χ4n) is 3.44. The number of amides is 2. The van der Waals surface area contributed by atoms with Crippen LogP contribution in [0.15, 0.2) is 42.5 Å². The van der Waals surface area contributed by atoms with Gasteiger partial charge in [-0.2, -0.15) is 0 Å². The monoisotopic (exact) mass is 340 g/mol. The van der Waals surface area contributed by atoms with Crippen molar-refractivity contribution in [2.45, 2.75) is 44.8 Å². The van der Waals surface area contributed by atoms with Crippen molar-refractivity contribution in [3.8, 4) is 5.75 Å². The van der Waals surface area contributed by atoms with Gasteiger partial charge in [-0.3, -0.25) is 9.59 Å². The van der Waals surface area contributed by atoms with Crippen LogP contribution in [0.1, 0.15) is 32.6 Å². The van der Waals surface area contributed by atoms with Gasteiger partial charge in [0.2, 0.25) is 5.91 Å². The summed E-state index contributed by atoms with van der Waals surface area (Å²) in [5.41, 5.74) is 5.40. The summed E-state index contributed by atoms with van der Waals surface area (Å²) in [5.74, 6) is 0.106. The lowest BCUT2D eigenvalue weighted by Crippen LogP contribution is -2.45. The SMILES string of the molecule is C[C@H](Oc1cccc2ccccc12)C(=O)N[C@H]1CCC[C@@H](C(N)=O)C1. The number of hydrogen-bond donors (Lipinski definition) is 2. The van der Waals surface area contributed by atoms with E-state index in [1.165, 1.54) is 0 Å². The molecule has 25 heavy (non-hydrogen) atoms. The summed E-state index contributed by atoms with van der Waals surface area (Å²) in [6.07, 6.45) is 2.58. The van der Waals surface area contributed by atoms with Gasteiger partial charge in [-0.25, -0.2) is 0 Å². The number of primary amides is 1. The maximum atomic E-state index is 12.5. The molecule has 0 unspecified atom stereocenters. The van der Waals surface area contributed by atoms with Crippen molar-refractivity contribution in [1.82, 2.24) is 5.32 Å². The molecule has 3 N–H and O–H groups in total. The van der Waals surface area contributed by atoms with E-state index in [2.05, 4.69) is 5.32 Å². The van der Waals surface area contributed by atoms with Crippen LogP contribution in [0.5, 0.6) is 5.75 Å². The molecule has 3 atom stereocenters. The molecule has 0 radical (unpaired) electrons. The molecule has 0 heterocycles. The number of benzene rings is 2. The predicted octanol–water partition coefficient (Wildman–Crippen LogP) is 2.77. The Morgan fingerprint density at radius 3 is 2.72 bits per heavy atom. The van der Waals surface area contributed by atoms with Crippen molar-refractivity contribution in [3.63, 3.8) is 0 Å². The van der Waals surface area contributed by atoms with Crippen LogP contribution < -0.4 is 15.8 Å². The van der Waals surface area contributed by atoms with Gasteiger partial charge >= 0.3 is 0 Å². The van der Waals surface area contributed by atoms with Crippen LogP contribution >= 0.6 is 0 Å². The lowest BCUT2D eigenvalue weighted by molar-refractivity contribution is -0.129. The highest BCUT2D eigenvalue weighted by Gasteiger charge is 2.28. The van der Waals surface area contributed by atoms with Gasteiger partial charge in [-0.1, -0.05) is 42.8 Å². The number of carbonyl (C=O) groups excluding carboxylic acids is 2. The van der Waals surface area contributed by atoms with Gasteiger partial charge in [0.05, 0.1) is 0 Å². The Bertz CT molecular complexity index is 769. The molecule has 5 heteroatoms. The normalized spacial score (nSPS) is 21.5. The van der Waals surface area contributed by atoms with E-state index in [0.29, 0.717) is 12.2 Å². The summed E-state index contributed by atoms with van der Waals surface area (Å²) in [6.45, 7) is 1.74. The molecule has 2 amide bonds. The van der Waals surface area contributed by atoms with E-state index in [0.717, 1.165) is 30.0 Å². The second kappa shape index (κ2) is 7.55. The molecule has 0 bridgehead atoms. The summed E-state index contributed by atoms with van der Waals surface area (Å²) < 4.78 is 5.90. The zero-order valence-electron chi connectivity index (χ0n) is 14.4. The molecule has 2 aromatic carbocycles. The maximum Gasteiger partial charge on any atom is 0.260 e. The average Bonchev–Trinajstić information content (AvgIpc) is 2.62. The summed E-state index contributed by atoms with van der Waals surface area (Å²) in [6, 6.07) is 13.7. The number of fused-ring (bicyclic) bond motifs is 1. The van der Waals surface area contributed by atoms with Crippen molar-refractivity contribution in [1.29, 1.82) is 0 Å². The molecular formula is C20H24N2O3. The highest BCUT2D eigenvalue weighted by atomic mass is 16.5. The fraction of sp³-hybridized carbons (Fsp3) is 0.400. The molecule has 1 aliphatic rings. The zero-order chi connectivity index (χ0) is 17.8. The van der Waals surface area contributed by atoms with Gasteiger partial charge in [0.25, 0.3) is 5.91 Å². The molecule has 1 saturated carbocycles. The predicted molar refractivity (Wildman–Crippen MR) is 97.1 cm³/mol. The number of carbonyl (C=O) groups is 2. The largest absolute Gasteiger partial charge is 0.480 e. The Labute approximate surface area is 147 Å². The molecule has 3 rings (SSSR count). The standard InChI is InChI=1S/C20H24N2O3/c1-13(20(24)22-16-9-4-8-15(12-16)19(21)23)25-18-11-5-7-14-6-2-3-10-17(14)18/h2-3,5-7,10-11,13,15-16H,4,8-9,12H2,1H3,(H2,21,23)(H,22,24)/t13-,15+,16-/m0/s1. The molecule has 0 spiro atoms. The van der Waals surface area contributed by atoms with E-state index in [4.69, 9.17) is 10.5 Å². The van der Waals surface area contributed by atoms with Crippen LogP contribution in [-0.4, -0.2) is 24.0 Å². The molecular weight excluding hydrogens is 316 g/mol. The fourth-order valence-corrected chi connectivity index (χ4v) is 3.44. The van der Waals surface area contributed by atoms with Gasteiger partial charge < -0.3 is 15.8 Å². The third kappa shape index (κ3) is 4.10. The third-order valence-electron chi connectivity index (χ3n) is 4.85. The average molecular weight is 340 g/mol. The summed E-state index contributed by atoms with van der Waals surface area (Å²) >= 11 is 0. The Morgan fingerprint density at radius 2 is 1.92 bits per heavy atom. The molecule has 5 nitrogen and oxygen atoms in total. The van der Waals surface area contributed by atoms with Gasteiger partial charge in [0.15, 0.2) is 6.10 Å². The highest BCUT2D eigenvalue weighted by Crippen LogP contribution is 2.27. The number of nitrogens with two attached hydrogens (primary N) is 1. The minimum Gasteiger partial charge on any atom is -0.480 e. The highest BCUT2D eigenvalue weighted by molar-refractivity contribution is 5.89. The molecule has 1 fully saturated rings. The Balaban J connectivity index is 1.63. The van der Waals surface area contributed by atoms with Gasteiger partial charge in [0.1, 0.15) is 5.75 Å². The maximum absolute atomic E-state index is 12.5.